The van der Waals surface area contributed by atoms with Crippen molar-refractivity contribution in [2.45, 2.75) is 58.8 Å². The van der Waals surface area contributed by atoms with Crippen molar-refractivity contribution in [3.05, 3.63) is 0 Å². The summed E-state index contributed by atoms with van der Waals surface area (Å²) in [7, 11) is 0. The third-order valence-corrected chi connectivity index (χ3v) is 2.49. The molecule has 0 aromatic heterocycles. The van der Waals surface area contributed by atoms with Gasteiger partial charge in [-0.1, -0.05) is 18.5 Å². The first-order valence-electron chi connectivity index (χ1n) is 6.24. The Morgan fingerprint density at radius 1 is 1.31 bits per heavy atom. The lowest BCUT2D eigenvalue weighted by Crippen LogP contribution is -2.24. The lowest BCUT2D eigenvalue weighted by molar-refractivity contribution is -0.155. The molecule has 1 aliphatic heterocycles. The van der Waals surface area contributed by atoms with E-state index in [4.69, 9.17) is 14.3 Å². The van der Waals surface area contributed by atoms with Crippen LogP contribution in [0.4, 0.5) is 0 Å². The van der Waals surface area contributed by atoms with E-state index in [-0.39, 0.29) is 12.4 Å². The van der Waals surface area contributed by atoms with Gasteiger partial charge in [-0.05, 0) is 20.3 Å². The summed E-state index contributed by atoms with van der Waals surface area (Å²) in [5.41, 5.74) is 1.17. The number of hydrogen-bond donors (Lipinski definition) is 0. The van der Waals surface area contributed by atoms with E-state index in [0.717, 1.165) is 25.7 Å². The number of hydrogen-bond acceptors (Lipinski definition) is 4. The zero-order valence-corrected chi connectivity index (χ0v) is 10.6. The summed E-state index contributed by atoms with van der Waals surface area (Å²) < 4.78 is 11.0. The van der Waals surface area contributed by atoms with E-state index in [1.807, 2.05) is 13.8 Å². The highest BCUT2D eigenvalue weighted by Crippen LogP contribution is 2.19. The van der Waals surface area contributed by atoms with Gasteiger partial charge >= 0.3 is 0 Å². The molecule has 1 atom stereocenters. The van der Waals surface area contributed by atoms with Crippen LogP contribution in [0.3, 0.4) is 0 Å². The highest BCUT2D eigenvalue weighted by Gasteiger charge is 2.24. The highest BCUT2D eigenvalue weighted by molar-refractivity contribution is 5.85. The Morgan fingerprint density at radius 3 is 2.56 bits per heavy atom. The number of ether oxygens (including phenoxy) is 2. The van der Waals surface area contributed by atoms with E-state index in [0.29, 0.717) is 13.2 Å². The van der Waals surface area contributed by atoms with Crippen molar-refractivity contribution in [3.8, 4) is 0 Å². The van der Waals surface area contributed by atoms with Crippen LogP contribution in [0, 0.1) is 0 Å². The third-order valence-electron chi connectivity index (χ3n) is 2.49. The Morgan fingerprint density at radius 2 is 2.00 bits per heavy atom. The number of rotatable bonds is 8. The Hall–Kier alpha value is -0.610. The minimum Gasteiger partial charge on any atom is -0.392 e. The van der Waals surface area contributed by atoms with Crippen molar-refractivity contribution in [1.29, 1.82) is 0 Å². The summed E-state index contributed by atoms with van der Waals surface area (Å²) in [4.78, 5) is 5.37. The highest BCUT2D eigenvalue weighted by atomic mass is 16.7. The molecular formula is C12H23NO3. The Balaban J connectivity index is 2.26. The minimum atomic E-state index is -0.156. The van der Waals surface area contributed by atoms with Crippen LogP contribution in [-0.4, -0.2) is 31.3 Å². The van der Waals surface area contributed by atoms with Crippen LogP contribution in [0.25, 0.3) is 0 Å². The molecule has 1 heterocycles. The second-order valence-electron chi connectivity index (χ2n) is 3.92. The molecule has 1 rings (SSSR count). The molecule has 0 aromatic carbocycles. The van der Waals surface area contributed by atoms with Crippen LogP contribution in [0.5, 0.6) is 0 Å². The molecule has 4 nitrogen and oxygen atoms in total. The van der Waals surface area contributed by atoms with Gasteiger partial charge in [-0.25, -0.2) is 0 Å². The molecule has 0 bridgehead atoms. The molecule has 0 N–H and O–H groups in total. The van der Waals surface area contributed by atoms with Gasteiger partial charge in [0.15, 0.2) is 6.29 Å². The lowest BCUT2D eigenvalue weighted by Gasteiger charge is -2.19. The average Bonchev–Trinajstić information content (AvgIpc) is 2.67. The molecular weight excluding hydrogens is 206 g/mol. The van der Waals surface area contributed by atoms with Crippen LogP contribution >= 0.6 is 0 Å². The Kier molecular flexibility index (Phi) is 6.42. The fourth-order valence-corrected chi connectivity index (χ4v) is 1.82. The maximum absolute atomic E-state index is 5.49. The SMILES string of the molecule is CCCC1=NOC(CC(OCC)OCC)C1. The van der Waals surface area contributed by atoms with Crippen molar-refractivity contribution in [2.24, 2.45) is 5.16 Å². The monoisotopic (exact) mass is 229 g/mol. The summed E-state index contributed by atoms with van der Waals surface area (Å²) >= 11 is 0. The van der Waals surface area contributed by atoms with Gasteiger partial charge in [-0.15, -0.1) is 0 Å². The van der Waals surface area contributed by atoms with Gasteiger partial charge < -0.3 is 14.3 Å². The van der Waals surface area contributed by atoms with Gasteiger partial charge in [0.25, 0.3) is 0 Å². The van der Waals surface area contributed by atoms with Crippen molar-refractivity contribution < 1.29 is 14.3 Å². The van der Waals surface area contributed by atoms with Crippen LogP contribution in [-0.2, 0) is 14.3 Å². The van der Waals surface area contributed by atoms with Crippen LogP contribution < -0.4 is 0 Å². The summed E-state index contributed by atoms with van der Waals surface area (Å²) in [6, 6.07) is 0. The predicted molar refractivity (Wildman–Crippen MR) is 63.5 cm³/mol. The molecule has 0 fully saturated rings. The average molecular weight is 229 g/mol. The second-order valence-corrected chi connectivity index (χ2v) is 3.92. The quantitative estimate of drug-likeness (QED) is 0.601. The third kappa shape index (κ3) is 4.49. The van der Waals surface area contributed by atoms with Gasteiger partial charge in [0.2, 0.25) is 0 Å². The molecule has 0 saturated heterocycles. The topological polar surface area (TPSA) is 40.0 Å². The number of nitrogens with zero attached hydrogens (tertiary/aromatic N) is 1. The maximum Gasteiger partial charge on any atom is 0.161 e. The summed E-state index contributed by atoms with van der Waals surface area (Å²) in [5, 5.41) is 4.09. The van der Waals surface area contributed by atoms with Crippen LogP contribution in [0.15, 0.2) is 5.16 Å². The van der Waals surface area contributed by atoms with Gasteiger partial charge in [0.1, 0.15) is 6.10 Å². The Labute approximate surface area is 97.9 Å². The molecule has 0 radical (unpaired) electrons. The predicted octanol–water partition coefficient (Wildman–Crippen LogP) is 2.72. The molecule has 0 aliphatic carbocycles. The molecule has 4 heteroatoms. The van der Waals surface area contributed by atoms with Gasteiger partial charge in [0.05, 0.1) is 5.71 Å². The smallest absolute Gasteiger partial charge is 0.161 e. The van der Waals surface area contributed by atoms with E-state index in [9.17, 15) is 0 Å². The van der Waals surface area contributed by atoms with Crippen molar-refractivity contribution in [2.75, 3.05) is 13.2 Å². The first-order chi connectivity index (χ1) is 7.80. The van der Waals surface area contributed by atoms with Crippen LogP contribution in [0.1, 0.15) is 46.5 Å². The fourth-order valence-electron chi connectivity index (χ4n) is 1.82. The summed E-state index contributed by atoms with van der Waals surface area (Å²) in [5.74, 6) is 0. The maximum atomic E-state index is 5.49. The van der Waals surface area contributed by atoms with Crippen molar-refractivity contribution >= 4 is 5.71 Å². The Bertz CT molecular complexity index is 212. The molecule has 16 heavy (non-hydrogen) atoms. The largest absolute Gasteiger partial charge is 0.392 e. The van der Waals surface area contributed by atoms with E-state index < -0.39 is 0 Å². The van der Waals surface area contributed by atoms with E-state index in [1.54, 1.807) is 0 Å². The molecule has 0 amide bonds. The van der Waals surface area contributed by atoms with E-state index in [2.05, 4.69) is 12.1 Å². The van der Waals surface area contributed by atoms with Gasteiger partial charge in [0, 0.05) is 26.1 Å². The fraction of sp³-hybridized carbons (Fsp3) is 0.917. The summed E-state index contributed by atoms with van der Waals surface area (Å²) in [6.07, 6.45) is 3.81. The molecule has 0 saturated carbocycles. The van der Waals surface area contributed by atoms with E-state index >= 15 is 0 Å². The zero-order chi connectivity index (χ0) is 11.8. The van der Waals surface area contributed by atoms with Crippen LogP contribution in [0.2, 0.25) is 0 Å². The standard InChI is InChI=1S/C12H23NO3/c1-4-7-10-8-11(16-13-10)9-12(14-5-2)15-6-3/h11-12H,4-9H2,1-3H3. The molecule has 1 unspecified atom stereocenters. The first kappa shape index (κ1) is 13.5. The normalized spacial score (nSPS) is 20.0. The molecule has 0 aromatic rings. The van der Waals surface area contributed by atoms with E-state index in [1.165, 1.54) is 5.71 Å². The van der Waals surface area contributed by atoms with Crippen molar-refractivity contribution in [3.63, 3.8) is 0 Å². The second kappa shape index (κ2) is 7.63. The minimum absolute atomic E-state index is 0.129. The first-order valence-corrected chi connectivity index (χ1v) is 6.24. The van der Waals surface area contributed by atoms with Gasteiger partial charge in [-0.3, -0.25) is 0 Å². The molecule has 1 aliphatic rings. The van der Waals surface area contributed by atoms with Gasteiger partial charge in [-0.2, -0.15) is 0 Å². The zero-order valence-electron chi connectivity index (χ0n) is 10.6. The van der Waals surface area contributed by atoms with Crippen molar-refractivity contribution in [1.82, 2.24) is 0 Å². The molecule has 0 spiro atoms. The summed E-state index contributed by atoms with van der Waals surface area (Å²) in [6.45, 7) is 7.43. The number of oxime groups is 1. The molecule has 94 valence electrons. The lowest BCUT2D eigenvalue weighted by atomic mass is 10.1.